The third-order valence-electron chi connectivity index (χ3n) is 3.69. The average molecular weight is 253 g/mol. The van der Waals surface area contributed by atoms with Crippen LogP contribution in [0.15, 0.2) is 36.5 Å². The Morgan fingerprint density at radius 1 is 1.26 bits per heavy atom. The van der Waals surface area contributed by atoms with Gasteiger partial charge in [-0.15, -0.1) is 0 Å². The van der Waals surface area contributed by atoms with E-state index < -0.39 is 0 Å². The van der Waals surface area contributed by atoms with Gasteiger partial charge in [0.05, 0.1) is 11.4 Å². The maximum absolute atomic E-state index is 13.3. The van der Waals surface area contributed by atoms with Crippen LogP contribution in [0.25, 0.3) is 16.9 Å². The van der Waals surface area contributed by atoms with Gasteiger partial charge in [-0.05, 0) is 35.4 Å². The van der Waals surface area contributed by atoms with Crippen molar-refractivity contribution < 1.29 is 4.39 Å². The molecule has 3 aromatic rings. The molecule has 0 saturated carbocycles. The number of benzene rings is 1. The third kappa shape index (κ3) is 1.43. The smallest absolute Gasteiger partial charge is 0.137 e. The number of hydrogen-bond acceptors (Lipinski definition) is 2. The molecule has 1 aliphatic carbocycles. The van der Waals surface area contributed by atoms with E-state index in [1.165, 1.54) is 6.07 Å². The predicted octanol–water partition coefficient (Wildman–Crippen LogP) is 2.50. The van der Waals surface area contributed by atoms with Gasteiger partial charge >= 0.3 is 0 Å². The number of fused-ring (bicyclic) bond motifs is 5. The summed E-state index contributed by atoms with van der Waals surface area (Å²) in [6, 6.07) is 8.86. The highest BCUT2D eigenvalue weighted by Crippen LogP contribution is 2.36. The first-order valence-corrected chi connectivity index (χ1v) is 6.25. The van der Waals surface area contributed by atoms with Crippen LogP contribution in [0.3, 0.4) is 0 Å². The number of rotatable bonds is 1. The van der Waals surface area contributed by atoms with E-state index >= 15 is 0 Å². The zero-order valence-electron chi connectivity index (χ0n) is 10.2. The van der Waals surface area contributed by atoms with E-state index in [4.69, 9.17) is 5.73 Å². The molecule has 0 atom stereocenters. The number of hydrogen-bond donors (Lipinski definition) is 1. The summed E-state index contributed by atoms with van der Waals surface area (Å²) in [5.41, 5.74) is 11.8. The van der Waals surface area contributed by atoms with Crippen LogP contribution in [0.2, 0.25) is 0 Å². The van der Waals surface area contributed by atoms with Crippen molar-refractivity contribution in [2.75, 3.05) is 0 Å². The summed E-state index contributed by atoms with van der Waals surface area (Å²) >= 11 is 0. The lowest BCUT2D eigenvalue weighted by Gasteiger charge is -2.02. The Bertz CT molecular complexity index is 805. The van der Waals surface area contributed by atoms with Crippen molar-refractivity contribution in [1.29, 1.82) is 0 Å². The molecule has 0 amide bonds. The van der Waals surface area contributed by atoms with E-state index in [2.05, 4.69) is 9.38 Å². The van der Waals surface area contributed by atoms with E-state index in [0.717, 1.165) is 40.1 Å². The first-order chi connectivity index (χ1) is 9.26. The number of nitrogens with zero attached hydrogens (tertiary/aromatic N) is 2. The highest BCUT2D eigenvalue weighted by Gasteiger charge is 2.24. The predicted molar refractivity (Wildman–Crippen MR) is 71.3 cm³/mol. The number of halogens is 1. The zero-order valence-corrected chi connectivity index (χ0v) is 10.2. The molecule has 1 aromatic carbocycles. The summed E-state index contributed by atoms with van der Waals surface area (Å²) in [7, 11) is 0. The maximum atomic E-state index is 13.3. The van der Waals surface area contributed by atoms with Crippen molar-refractivity contribution in [3.05, 3.63) is 59.2 Å². The van der Waals surface area contributed by atoms with Crippen molar-refractivity contribution in [3.63, 3.8) is 0 Å². The molecule has 4 heteroatoms. The molecule has 94 valence electrons. The maximum Gasteiger partial charge on any atom is 0.137 e. The molecule has 0 bridgehead atoms. The molecule has 2 N–H and O–H groups in total. The standard InChI is InChI=1S/C15H12FN3/c16-11-2-3-12-10(5-11)6-13-15(12)18-14-4-1-9(7-17)8-19(13)14/h1-5,8H,6-7,17H2. The number of aromatic nitrogens is 2. The van der Waals surface area contributed by atoms with E-state index in [9.17, 15) is 4.39 Å². The molecular formula is C15H12FN3. The van der Waals surface area contributed by atoms with Crippen molar-refractivity contribution in [2.45, 2.75) is 13.0 Å². The molecule has 2 heterocycles. The van der Waals surface area contributed by atoms with Gasteiger partial charge < -0.3 is 10.1 Å². The number of pyridine rings is 1. The molecule has 0 radical (unpaired) electrons. The van der Waals surface area contributed by atoms with Gasteiger partial charge in [-0.3, -0.25) is 0 Å². The van der Waals surface area contributed by atoms with Gasteiger partial charge in [-0.1, -0.05) is 6.07 Å². The van der Waals surface area contributed by atoms with Crippen molar-refractivity contribution in [1.82, 2.24) is 9.38 Å². The van der Waals surface area contributed by atoms with Gasteiger partial charge in [0, 0.05) is 24.7 Å². The topological polar surface area (TPSA) is 43.3 Å². The Hall–Kier alpha value is -2.20. The largest absolute Gasteiger partial charge is 0.326 e. The summed E-state index contributed by atoms with van der Waals surface area (Å²) in [5, 5.41) is 0. The van der Waals surface area contributed by atoms with Crippen molar-refractivity contribution in [2.24, 2.45) is 5.73 Å². The minimum absolute atomic E-state index is 0.194. The summed E-state index contributed by atoms with van der Waals surface area (Å²) in [4.78, 5) is 4.64. The van der Waals surface area contributed by atoms with Crippen LogP contribution in [0.4, 0.5) is 4.39 Å². The van der Waals surface area contributed by atoms with E-state index in [1.807, 2.05) is 24.4 Å². The zero-order chi connectivity index (χ0) is 13.0. The van der Waals surface area contributed by atoms with Gasteiger partial charge in [-0.25, -0.2) is 9.37 Å². The molecule has 2 aromatic heterocycles. The molecule has 3 nitrogen and oxygen atoms in total. The Morgan fingerprint density at radius 3 is 3.00 bits per heavy atom. The minimum atomic E-state index is -0.194. The van der Waals surface area contributed by atoms with E-state index in [1.54, 1.807) is 6.07 Å². The summed E-state index contributed by atoms with van der Waals surface area (Å²) in [6.45, 7) is 0.504. The molecule has 4 rings (SSSR count). The second kappa shape index (κ2) is 3.65. The monoisotopic (exact) mass is 253 g/mol. The van der Waals surface area contributed by atoms with Crippen LogP contribution in [-0.2, 0) is 13.0 Å². The molecule has 0 spiro atoms. The summed E-state index contributed by atoms with van der Waals surface area (Å²) in [5.74, 6) is -0.194. The van der Waals surface area contributed by atoms with Gasteiger partial charge in [-0.2, -0.15) is 0 Å². The van der Waals surface area contributed by atoms with Crippen LogP contribution in [0, 0.1) is 5.82 Å². The summed E-state index contributed by atoms with van der Waals surface area (Å²) < 4.78 is 15.3. The fourth-order valence-electron chi connectivity index (χ4n) is 2.76. The second-order valence-electron chi connectivity index (χ2n) is 4.86. The lowest BCUT2D eigenvalue weighted by Crippen LogP contribution is -2.00. The third-order valence-corrected chi connectivity index (χ3v) is 3.69. The summed E-state index contributed by atoms with van der Waals surface area (Å²) in [6.07, 6.45) is 2.74. The fraction of sp³-hybridized carbons (Fsp3) is 0.133. The van der Waals surface area contributed by atoms with Gasteiger partial charge in [0.15, 0.2) is 0 Å². The molecule has 0 saturated heterocycles. The van der Waals surface area contributed by atoms with Crippen molar-refractivity contribution >= 4 is 5.65 Å². The highest BCUT2D eigenvalue weighted by molar-refractivity contribution is 5.75. The van der Waals surface area contributed by atoms with E-state index in [-0.39, 0.29) is 5.82 Å². The first kappa shape index (κ1) is 10.7. The molecule has 0 unspecified atom stereocenters. The van der Waals surface area contributed by atoms with E-state index in [0.29, 0.717) is 6.54 Å². The normalized spacial score (nSPS) is 12.7. The molecule has 0 aliphatic heterocycles. The van der Waals surface area contributed by atoms with Crippen LogP contribution in [0.5, 0.6) is 0 Å². The van der Waals surface area contributed by atoms with Crippen LogP contribution in [0.1, 0.15) is 16.8 Å². The molecule has 0 fully saturated rings. The lowest BCUT2D eigenvalue weighted by molar-refractivity contribution is 0.626. The Balaban J connectivity index is 1.99. The fourth-order valence-corrected chi connectivity index (χ4v) is 2.76. The van der Waals surface area contributed by atoms with Crippen molar-refractivity contribution in [3.8, 4) is 11.3 Å². The quantitative estimate of drug-likeness (QED) is 0.566. The molecule has 19 heavy (non-hydrogen) atoms. The van der Waals surface area contributed by atoms with Gasteiger partial charge in [0.2, 0.25) is 0 Å². The first-order valence-electron chi connectivity index (χ1n) is 6.25. The second-order valence-corrected chi connectivity index (χ2v) is 4.86. The van der Waals surface area contributed by atoms with Crippen LogP contribution >= 0.6 is 0 Å². The Kier molecular flexibility index (Phi) is 2.05. The SMILES string of the molecule is NCc1ccc2nc3c(n2c1)Cc1cc(F)ccc1-3. The Labute approximate surface area is 109 Å². The van der Waals surface area contributed by atoms with Crippen LogP contribution < -0.4 is 5.73 Å². The Morgan fingerprint density at radius 2 is 2.16 bits per heavy atom. The van der Waals surface area contributed by atoms with Gasteiger partial charge in [0.25, 0.3) is 0 Å². The number of imidazole rings is 1. The molecule has 1 aliphatic rings. The number of nitrogens with two attached hydrogens (primary N) is 1. The molecular weight excluding hydrogens is 241 g/mol. The van der Waals surface area contributed by atoms with Gasteiger partial charge in [0.1, 0.15) is 11.5 Å². The highest BCUT2D eigenvalue weighted by atomic mass is 19.1. The van der Waals surface area contributed by atoms with Crippen LogP contribution in [-0.4, -0.2) is 9.38 Å². The minimum Gasteiger partial charge on any atom is -0.326 e. The average Bonchev–Trinajstić information content (AvgIpc) is 2.93. The lowest BCUT2D eigenvalue weighted by atomic mass is 10.1.